The molecule has 27 heavy (non-hydrogen) atoms. The third kappa shape index (κ3) is 4.02. The van der Waals surface area contributed by atoms with E-state index in [1.54, 1.807) is 4.90 Å². The van der Waals surface area contributed by atoms with Gasteiger partial charge in [-0.2, -0.15) is 0 Å². The Morgan fingerprint density at radius 2 is 1.41 bits per heavy atom. The normalized spacial score (nSPS) is 15.6. The highest BCUT2D eigenvalue weighted by molar-refractivity contribution is 8.26. The van der Waals surface area contributed by atoms with E-state index < -0.39 is 0 Å². The second kappa shape index (κ2) is 7.91. The molecule has 0 unspecified atom stereocenters. The fraction of sp³-hybridized carbons (Fsp3) is 0.0435. The average Bonchev–Trinajstić information content (AvgIpc) is 2.97. The first-order valence-electron chi connectivity index (χ1n) is 8.65. The van der Waals surface area contributed by atoms with Gasteiger partial charge in [0, 0.05) is 0 Å². The molecule has 2 nitrogen and oxygen atoms in total. The lowest BCUT2D eigenvalue weighted by molar-refractivity contribution is -0.122. The maximum atomic E-state index is 12.8. The minimum atomic E-state index is -0.0269. The molecule has 0 aromatic heterocycles. The van der Waals surface area contributed by atoms with Crippen molar-refractivity contribution in [1.82, 2.24) is 4.90 Å². The van der Waals surface area contributed by atoms with Crippen LogP contribution in [0.25, 0.3) is 17.2 Å². The molecule has 3 aromatic rings. The number of hydrogen-bond acceptors (Lipinski definition) is 3. The highest BCUT2D eigenvalue weighted by Crippen LogP contribution is 2.33. The fourth-order valence-corrected chi connectivity index (χ4v) is 4.21. The van der Waals surface area contributed by atoms with Crippen molar-refractivity contribution in [2.24, 2.45) is 0 Å². The van der Waals surface area contributed by atoms with Crippen LogP contribution in [0.2, 0.25) is 0 Å². The number of rotatable bonds is 4. The van der Waals surface area contributed by atoms with E-state index in [0.29, 0.717) is 15.8 Å². The number of carbonyl (C=O) groups excluding carboxylic acids is 1. The van der Waals surface area contributed by atoms with Crippen LogP contribution in [-0.2, 0) is 11.3 Å². The first-order chi connectivity index (χ1) is 13.2. The van der Waals surface area contributed by atoms with E-state index in [2.05, 4.69) is 24.3 Å². The van der Waals surface area contributed by atoms with Gasteiger partial charge < -0.3 is 0 Å². The summed E-state index contributed by atoms with van der Waals surface area (Å²) >= 11 is 6.79. The molecule has 0 spiro atoms. The largest absolute Gasteiger partial charge is 0.288 e. The highest BCUT2D eigenvalue weighted by atomic mass is 32.2. The predicted molar refractivity (Wildman–Crippen MR) is 117 cm³/mol. The van der Waals surface area contributed by atoms with Crippen molar-refractivity contribution in [2.45, 2.75) is 6.54 Å². The summed E-state index contributed by atoms with van der Waals surface area (Å²) in [6.45, 7) is 0.510. The molecule has 1 fully saturated rings. The van der Waals surface area contributed by atoms with Gasteiger partial charge in [0.2, 0.25) is 0 Å². The van der Waals surface area contributed by atoms with E-state index in [1.165, 1.54) is 17.3 Å². The van der Waals surface area contributed by atoms with Gasteiger partial charge in [-0.1, -0.05) is 109 Å². The first kappa shape index (κ1) is 17.7. The standard InChI is InChI=1S/C23H17NOS2/c25-22-21(27-23(26)24(22)16-18-7-3-1-4-8-18)15-17-11-13-20(14-12-17)19-9-5-2-6-10-19/h1-15H,16H2/b21-15-. The number of thioether (sulfide) groups is 1. The van der Waals surface area contributed by atoms with Crippen LogP contribution in [0.1, 0.15) is 11.1 Å². The molecule has 0 atom stereocenters. The molecule has 1 amide bonds. The minimum absolute atomic E-state index is 0.0269. The molecule has 132 valence electrons. The SMILES string of the molecule is O=C1/C(=C/c2ccc(-c3ccccc3)cc2)SC(=S)N1Cc1ccccc1. The molecule has 0 N–H and O–H groups in total. The maximum Gasteiger partial charge on any atom is 0.266 e. The lowest BCUT2D eigenvalue weighted by Gasteiger charge is -2.14. The van der Waals surface area contributed by atoms with Crippen molar-refractivity contribution in [3.8, 4) is 11.1 Å². The average molecular weight is 388 g/mol. The minimum Gasteiger partial charge on any atom is -0.288 e. The molecular formula is C23H17NOS2. The molecule has 1 aliphatic rings. The lowest BCUT2D eigenvalue weighted by Crippen LogP contribution is -2.27. The summed E-state index contributed by atoms with van der Waals surface area (Å²) in [6, 6.07) is 28.4. The molecule has 1 aliphatic heterocycles. The fourth-order valence-electron chi connectivity index (χ4n) is 2.96. The Hall–Kier alpha value is -2.69. The summed E-state index contributed by atoms with van der Waals surface area (Å²) in [5, 5.41) is 0. The molecule has 0 radical (unpaired) electrons. The molecule has 0 aliphatic carbocycles. The van der Waals surface area contributed by atoms with Gasteiger partial charge in [-0.15, -0.1) is 0 Å². The van der Waals surface area contributed by atoms with Crippen molar-refractivity contribution in [2.75, 3.05) is 0 Å². The number of carbonyl (C=O) groups is 1. The zero-order valence-corrected chi connectivity index (χ0v) is 16.2. The van der Waals surface area contributed by atoms with Crippen molar-refractivity contribution in [3.63, 3.8) is 0 Å². The van der Waals surface area contributed by atoms with Crippen LogP contribution in [0, 0.1) is 0 Å². The smallest absolute Gasteiger partial charge is 0.266 e. The van der Waals surface area contributed by atoms with Crippen LogP contribution >= 0.6 is 24.0 Å². The Balaban J connectivity index is 1.52. The molecule has 0 bridgehead atoms. The van der Waals surface area contributed by atoms with Gasteiger partial charge >= 0.3 is 0 Å². The van der Waals surface area contributed by atoms with Crippen molar-refractivity contribution in [3.05, 3.63) is 101 Å². The summed E-state index contributed by atoms with van der Waals surface area (Å²) in [5.41, 5.74) is 4.40. The quantitative estimate of drug-likeness (QED) is 0.420. The van der Waals surface area contributed by atoms with E-state index in [-0.39, 0.29) is 5.91 Å². The van der Waals surface area contributed by atoms with Crippen LogP contribution in [-0.4, -0.2) is 15.1 Å². The van der Waals surface area contributed by atoms with Crippen LogP contribution in [0.3, 0.4) is 0 Å². The van der Waals surface area contributed by atoms with Gasteiger partial charge in [0.25, 0.3) is 5.91 Å². The van der Waals surface area contributed by atoms with Gasteiger partial charge in [-0.05, 0) is 28.3 Å². The van der Waals surface area contributed by atoms with E-state index >= 15 is 0 Å². The van der Waals surface area contributed by atoms with Crippen LogP contribution in [0.5, 0.6) is 0 Å². The number of amides is 1. The molecule has 0 saturated carbocycles. The molecule has 4 rings (SSSR count). The van der Waals surface area contributed by atoms with Gasteiger partial charge in [0.15, 0.2) is 0 Å². The van der Waals surface area contributed by atoms with Gasteiger partial charge in [-0.3, -0.25) is 9.69 Å². The Morgan fingerprint density at radius 3 is 2.07 bits per heavy atom. The van der Waals surface area contributed by atoms with E-state index in [0.717, 1.165) is 16.7 Å². The number of nitrogens with zero attached hydrogens (tertiary/aromatic N) is 1. The predicted octanol–water partition coefficient (Wildman–Crippen LogP) is 5.76. The molecule has 4 heteroatoms. The number of hydrogen-bond donors (Lipinski definition) is 0. The van der Waals surface area contributed by atoms with Crippen LogP contribution in [0.15, 0.2) is 89.8 Å². The summed E-state index contributed by atoms with van der Waals surface area (Å²) in [7, 11) is 0. The summed E-state index contributed by atoms with van der Waals surface area (Å²) in [4.78, 5) is 15.1. The number of thiocarbonyl (C=S) groups is 1. The van der Waals surface area contributed by atoms with Crippen LogP contribution < -0.4 is 0 Å². The van der Waals surface area contributed by atoms with Crippen LogP contribution in [0.4, 0.5) is 0 Å². The molecule has 1 heterocycles. The van der Waals surface area contributed by atoms with Crippen molar-refractivity contribution < 1.29 is 4.79 Å². The summed E-state index contributed by atoms with van der Waals surface area (Å²) in [5.74, 6) is -0.0269. The Labute approximate surface area is 168 Å². The van der Waals surface area contributed by atoms with Gasteiger partial charge in [-0.25, -0.2) is 0 Å². The maximum absolute atomic E-state index is 12.8. The van der Waals surface area contributed by atoms with E-state index in [1.807, 2.05) is 66.7 Å². The molecule has 3 aromatic carbocycles. The van der Waals surface area contributed by atoms with Crippen molar-refractivity contribution >= 4 is 40.3 Å². The Morgan fingerprint density at radius 1 is 0.815 bits per heavy atom. The number of benzene rings is 3. The Kier molecular flexibility index (Phi) is 5.19. The Bertz CT molecular complexity index is 996. The van der Waals surface area contributed by atoms with Gasteiger partial charge in [0.1, 0.15) is 4.32 Å². The molecule has 1 saturated heterocycles. The summed E-state index contributed by atoms with van der Waals surface area (Å²) < 4.78 is 0.607. The van der Waals surface area contributed by atoms with Crippen molar-refractivity contribution in [1.29, 1.82) is 0 Å². The highest BCUT2D eigenvalue weighted by Gasteiger charge is 2.31. The third-order valence-corrected chi connectivity index (χ3v) is 5.75. The first-order valence-corrected chi connectivity index (χ1v) is 9.88. The topological polar surface area (TPSA) is 20.3 Å². The summed E-state index contributed by atoms with van der Waals surface area (Å²) in [6.07, 6.45) is 1.92. The third-order valence-electron chi connectivity index (χ3n) is 4.37. The van der Waals surface area contributed by atoms with E-state index in [9.17, 15) is 4.79 Å². The second-order valence-corrected chi connectivity index (χ2v) is 7.92. The zero-order valence-electron chi connectivity index (χ0n) is 14.5. The second-order valence-electron chi connectivity index (χ2n) is 6.24. The monoisotopic (exact) mass is 387 g/mol. The van der Waals surface area contributed by atoms with E-state index in [4.69, 9.17) is 12.2 Å². The lowest BCUT2D eigenvalue weighted by atomic mass is 10.0. The van der Waals surface area contributed by atoms with Gasteiger partial charge in [0.05, 0.1) is 11.4 Å². The molecular weight excluding hydrogens is 370 g/mol. The zero-order chi connectivity index (χ0) is 18.6.